The summed E-state index contributed by atoms with van der Waals surface area (Å²) < 4.78 is 6.94. The molecule has 0 saturated carbocycles. The van der Waals surface area contributed by atoms with Gasteiger partial charge in [0.1, 0.15) is 5.76 Å². The van der Waals surface area contributed by atoms with Gasteiger partial charge >= 0.3 is 0 Å². The summed E-state index contributed by atoms with van der Waals surface area (Å²) in [5.41, 5.74) is 3.36. The van der Waals surface area contributed by atoms with Gasteiger partial charge < -0.3 is 19.3 Å². The third kappa shape index (κ3) is 3.92. The van der Waals surface area contributed by atoms with Gasteiger partial charge in [-0.25, -0.2) is 0 Å². The summed E-state index contributed by atoms with van der Waals surface area (Å²) in [4.78, 5) is 26.4. The number of anilines is 1. The normalized spacial score (nSPS) is 10.7. The molecule has 2 amide bonds. The van der Waals surface area contributed by atoms with Gasteiger partial charge in [0.25, 0.3) is 5.91 Å². The number of aryl methyl sites for hydroxylation is 2. The van der Waals surface area contributed by atoms with Crippen LogP contribution in [0.3, 0.4) is 0 Å². The van der Waals surface area contributed by atoms with Crippen molar-refractivity contribution in [3.8, 4) is 5.69 Å². The molecule has 0 aliphatic rings. The minimum atomic E-state index is -0.337. The van der Waals surface area contributed by atoms with Gasteiger partial charge in [0.2, 0.25) is 5.91 Å². The van der Waals surface area contributed by atoms with E-state index < -0.39 is 0 Å². The van der Waals surface area contributed by atoms with Crippen molar-refractivity contribution in [1.29, 1.82) is 0 Å². The van der Waals surface area contributed by atoms with Crippen LogP contribution in [-0.2, 0) is 4.79 Å². The highest BCUT2D eigenvalue weighted by molar-refractivity contribution is 5.99. The summed E-state index contributed by atoms with van der Waals surface area (Å²) in [6, 6.07) is 13.3. The Morgan fingerprint density at radius 2 is 1.85 bits per heavy atom. The second-order valence-electron chi connectivity index (χ2n) is 6.49. The zero-order chi connectivity index (χ0) is 19.6. The van der Waals surface area contributed by atoms with E-state index in [9.17, 15) is 9.59 Å². The summed E-state index contributed by atoms with van der Waals surface area (Å²) in [6.07, 6.45) is 0. The summed E-state index contributed by atoms with van der Waals surface area (Å²) in [6.45, 7) is 5.51. The molecule has 0 saturated heterocycles. The number of nitrogens with zero attached hydrogens (tertiary/aromatic N) is 3. The lowest BCUT2D eigenvalue weighted by atomic mass is 10.2. The van der Waals surface area contributed by atoms with Crippen molar-refractivity contribution >= 4 is 17.6 Å². The molecule has 0 unspecified atom stereocenters. The van der Waals surface area contributed by atoms with Crippen LogP contribution in [0.4, 0.5) is 5.82 Å². The third-order valence-corrected chi connectivity index (χ3v) is 4.30. The van der Waals surface area contributed by atoms with Crippen molar-refractivity contribution in [2.45, 2.75) is 20.8 Å². The number of hydrogen-bond donors (Lipinski definition) is 1. The van der Waals surface area contributed by atoms with Gasteiger partial charge in [0.05, 0.1) is 12.1 Å². The van der Waals surface area contributed by atoms with Crippen molar-refractivity contribution in [2.24, 2.45) is 0 Å². The number of para-hydroxylation sites is 1. The van der Waals surface area contributed by atoms with E-state index in [1.54, 1.807) is 20.0 Å². The molecule has 0 aliphatic heterocycles. The lowest BCUT2D eigenvalue weighted by molar-refractivity contribution is -0.116. The number of amides is 2. The standard InChI is InChI=1S/C20H22N4O3/c1-13-10-17(15(3)24(13)16-8-6-5-7-9-16)20(26)23(4)12-19(25)21-18-11-14(2)27-22-18/h5-11H,12H2,1-4H3,(H,21,22,25). The molecule has 0 bridgehead atoms. The molecular weight excluding hydrogens is 344 g/mol. The summed E-state index contributed by atoms with van der Waals surface area (Å²) in [5, 5.41) is 6.33. The van der Waals surface area contributed by atoms with E-state index in [4.69, 9.17) is 4.52 Å². The molecule has 3 rings (SSSR count). The van der Waals surface area contributed by atoms with Crippen molar-refractivity contribution in [3.63, 3.8) is 0 Å². The molecule has 7 heteroatoms. The van der Waals surface area contributed by atoms with Crippen LogP contribution in [0, 0.1) is 20.8 Å². The lowest BCUT2D eigenvalue weighted by Gasteiger charge is -2.16. The number of rotatable bonds is 5. The Morgan fingerprint density at radius 3 is 2.48 bits per heavy atom. The van der Waals surface area contributed by atoms with E-state index in [0.717, 1.165) is 17.1 Å². The predicted octanol–water partition coefficient (Wildman–Crippen LogP) is 3.10. The molecule has 27 heavy (non-hydrogen) atoms. The number of nitrogens with one attached hydrogen (secondary N) is 1. The maximum Gasteiger partial charge on any atom is 0.255 e. The van der Waals surface area contributed by atoms with Crippen molar-refractivity contribution in [3.05, 3.63) is 65.2 Å². The summed E-state index contributed by atoms with van der Waals surface area (Å²) in [5.74, 6) is 0.386. The van der Waals surface area contributed by atoms with Gasteiger partial charge in [-0.1, -0.05) is 23.4 Å². The van der Waals surface area contributed by atoms with Crippen molar-refractivity contribution in [1.82, 2.24) is 14.6 Å². The monoisotopic (exact) mass is 366 g/mol. The topological polar surface area (TPSA) is 80.4 Å². The molecule has 140 valence electrons. The lowest BCUT2D eigenvalue weighted by Crippen LogP contribution is -2.35. The van der Waals surface area contributed by atoms with Crippen LogP contribution in [-0.4, -0.2) is 40.0 Å². The first-order valence-corrected chi connectivity index (χ1v) is 8.60. The number of carbonyl (C=O) groups is 2. The number of carbonyl (C=O) groups excluding carboxylic acids is 2. The average molecular weight is 366 g/mol. The fourth-order valence-corrected chi connectivity index (χ4v) is 3.05. The van der Waals surface area contributed by atoms with E-state index in [-0.39, 0.29) is 18.4 Å². The average Bonchev–Trinajstić information content (AvgIpc) is 3.17. The first-order valence-electron chi connectivity index (χ1n) is 8.60. The van der Waals surface area contributed by atoms with Crippen LogP contribution in [0.5, 0.6) is 0 Å². The van der Waals surface area contributed by atoms with E-state index in [1.165, 1.54) is 4.90 Å². The van der Waals surface area contributed by atoms with Crippen LogP contribution < -0.4 is 5.32 Å². The zero-order valence-electron chi connectivity index (χ0n) is 15.8. The smallest absolute Gasteiger partial charge is 0.255 e. The molecule has 1 aromatic carbocycles. The van der Waals surface area contributed by atoms with Gasteiger partial charge in [-0.3, -0.25) is 9.59 Å². The van der Waals surface area contributed by atoms with E-state index in [1.807, 2.05) is 54.8 Å². The maximum absolute atomic E-state index is 12.9. The van der Waals surface area contributed by atoms with E-state index >= 15 is 0 Å². The van der Waals surface area contributed by atoms with Gasteiger partial charge in [0, 0.05) is 30.2 Å². The Hall–Kier alpha value is -3.35. The molecule has 2 heterocycles. The molecular formula is C20H22N4O3. The Labute approximate surface area is 157 Å². The number of likely N-dealkylation sites (N-methyl/N-ethyl adjacent to an activating group) is 1. The summed E-state index contributed by atoms with van der Waals surface area (Å²) >= 11 is 0. The fraction of sp³-hybridized carbons (Fsp3) is 0.250. The molecule has 2 aromatic heterocycles. The van der Waals surface area contributed by atoms with E-state index in [0.29, 0.717) is 17.1 Å². The quantitative estimate of drug-likeness (QED) is 0.752. The number of hydrogen-bond acceptors (Lipinski definition) is 4. The Bertz CT molecular complexity index is 973. The fourth-order valence-electron chi connectivity index (χ4n) is 3.05. The summed E-state index contributed by atoms with van der Waals surface area (Å²) in [7, 11) is 1.60. The van der Waals surface area contributed by atoms with Crippen LogP contribution in [0.2, 0.25) is 0 Å². The van der Waals surface area contributed by atoms with Gasteiger partial charge in [-0.15, -0.1) is 0 Å². The van der Waals surface area contributed by atoms with Crippen LogP contribution in [0.25, 0.3) is 5.69 Å². The van der Waals surface area contributed by atoms with E-state index in [2.05, 4.69) is 10.5 Å². The molecule has 0 fully saturated rings. The molecule has 7 nitrogen and oxygen atoms in total. The largest absolute Gasteiger partial charge is 0.360 e. The van der Waals surface area contributed by atoms with Crippen LogP contribution >= 0.6 is 0 Å². The first-order chi connectivity index (χ1) is 12.9. The van der Waals surface area contributed by atoms with Crippen molar-refractivity contribution < 1.29 is 14.1 Å². The molecule has 0 radical (unpaired) electrons. The Kier molecular flexibility index (Phi) is 5.12. The highest BCUT2D eigenvalue weighted by atomic mass is 16.5. The second-order valence-corrected chi connectivity index (χ2v) is 6.49. The first kappa shape index (κ1) is 18.4. The minimum absolute atomic E-state index is 0.0836. The van der Waals surface area contributed by atoms with Gasteiger partial charge in [0.15, 0.2) is 5.82 Å². The highest BCUT2D eigenvalue weighted by Crippen LogP contribution is 2.21. The maximum atomic E-state index is 12.9. The zero-order valence-corrected chi connectivity index (χ0v) is 15.8. The second kappa shape index (κ2) is 7.49. The number of benzene rings is 1. The third-order valence-electron chi connectivity index (χ3n) is 4.30. The molecule has 1 N–H and O–H groups in total. The Balaban J connectivity index is 1.74. The van der Waals surface area contributed by atoms with Crippen LogP contribution in [0.15, 0.2) is 47.0 Å². The predicted molar refractivity (Wildman–Crippen MR) is 102 cm³/mol. The molecule has 0 aliphatic carbocycles. The molecule has 0 spiro atoms. The van der Waals surface area contributed by atoms with Gasteiger partial charge in [-0.2, -0.15) is 0 Å². The van der Waals surface area contributed by atoms with Gasteiger partial charge in [-0.05, 0) is 39.0 Å². The van der Waals surface area contributed by atoms with Crippen LogP contribution in [0.1, 0.15) is 27.5 Å². The molecule has 3 aromatic rings. The minimum Gasteiger partial charge on any atom is -0.360 e. The number of aromatic nitrogens is 2. The Morgan fingerprint density at radius 1 is 1.15 bits per heavy atom. The highest BCUT2D eigenvalue weighted by Gasteiger charge is 2.21. The van der Waals surface area contributed by atoms with Crippen molar-refractivity contribution in [2.75, 3.05) is 18.9 Å². The SMILES string of the molecule is Cc1cc(NC(=O)CN(C)C(=O)c2cc(C)n(-c3ccccc3)c2C)no1. The molecule has 0 atom stereocenters.